The number of aryl methyl sites for hydroxylation is 1. The number of hydrogen-bond acceptors (Lipinski definition) is 3. The van der Waals surface area contributed by atoms with Crippen LogP contribution in [0.1, 0.15) is 31.5 Å². The van der Waals surface area contributed by atoms with Crippen LogP contribution >= 0.6 is 0 Å². The lowest BCUT2D eigenvalue weighted by molar-refractivity contribution is 0.553. The normalized spacial score (nSPS) is 22.9. The fourth-order valence-corrected chi connectivity index (χ4v) is 2.11. The molecule has 3 nitrogen and oxygen atoms in total. The van der Waals surface area contributed by atoms with Crippen molar-refractivity contribution in [2.75, 3.05) is 5.32 Å². The van der Waals surface area contributed by atoms with Gasteiger partial charge in [-0.1, -0.05) is 13.8 Å². The summed E-state index contributed by atoms with van der Waals surface area (Å²) < 4.78 is 0. The van der Waals surface area contributed by atoms with Gasteiger partial charge < -0.3 is 5.32 Å². The van der Waals surface area contributed by atoms with Gasteiger partial charge >= 0.3 is 0 Å². The fraction of sp³-hybridized carbons (Fsp3) is 0.538. The van der Waals surface area contributed by atoms with Crippen LogP contribution in [0.5, 0.6) is 0 Å². The first-order chi connectivity index (χ1) is 7.60. The molecule has 0 radical (unpaired) electrons. The van der Waals surface area contributed by atoms with E-state index in [1.54, 1.807) is 6.07 Å². The molecule has 0 bridgehead atoms. The van der Waals surface area contributed by atoms with Crippen molar-refractivity contribution in [1.82, 2.24) is 4.98 Å². The number of aromatic nitrogens is 1. The van der Waals surface area contributed by atoms with E-state index < -0.39 is 0 Å². The number of nitrogens with zero attached hydrogens (tertiary/aromatic N) is 2. The smallest absolute Gasteiger partial charge is 0.127 e. The van der Waals surface area contributed by atoms with Crippen LogP contribution < -0.4 is 5.32 Å². The van der Waals surface area contributed by atoms with E-state index >= 15 is 0 Å². The van der Waals surface area contributed by atoms with E-state index in [-0.39, 0.29) is 0 Å². The Morgan fingerprint density at radius 1 is 1.50 bits per heavy atom. The van der Waals surface area contributed by atoms with Crippen LogP contribution in [0.15, 0.2) is 12.1 Å². The van der Waals surface area contributed by atoms with Crippen molar-refractivity contribution in [3.63, 3.8) is 0 Å². The minimum atomic E-state index is 0.542. The van der Waals surface area contributed by atoms with Gasteiger partial charge in [-0.15, -0.1) is 0 Å². The lowest BCUT2D eigenvalue weighted by atomic mass is 10.1. The monoisotopic (exact) mass is 215 g/mol. The molecule has 0 unspecified atom stereocenters. The largest absolute Gasteiger partial charge is 0.367 e. The number of hydrogen-bond donors (Lipinski definition) is 1. The summed E-state index contributed by atoms with van der Waals surface area (Å²) in [5.74, 6) is 2.32. The molecule has 1 saturated carbocycles. The molecule has 1 aromatic rings. The maximum Gasteiger partial charge on any atom is 0.127 e. The molecule has 1 fully saturated rings. The van der Waals surface area contributed by atoms with Crippen molar-refractivity contribution in [2.24, 2.45) is 11.8 Å². The third kappa shape index (κ3) is 2.33. The van der Waals surface area contributed by atoms with E-state index in [1.807, 2.05) is 13.0 Å². The molecule has 2 rings (SSSR count). The summed E-state index contributed by atoms with van der Waals surface area (Å²) in [4.78, 5) is 4.39. The summed E-state index contributed by atoms with van der Waals surface area (Å²) in [6, 6.07) is 6.32. The van der Waals surface area contributed by atoms with Crippen LogP contribution in [-0.4, -0.2) is 11.0 Å². The van der Waals surface area contributed by atoms with E-state index in [2.05, 4.69) is 30.2 Å². The van der Waals surface area contributed by atoms with Gasteiger partial charge in [0.2, 0.25) is 0 Å². The minimum Gasteiger partial charge on any atom is -0.367 e. The Kier molecular flexibility index (Phi) is 2.82. The van der Waals surface area contributed by atoms with Crippen molar-refractivity contribution < 1.29 is 0 Å². The SMILES string of the molecule is Cc1cc(C#N)cc(N[C@@H]2C[C@H]2C(C)C)n1. The molecular formula is C13H17N3. The molecule has 0 amide bonds. The van der Waals surface area contributed by atoms with Gasteiger partial charge in [-0.2, -0.15) is 5.26 Å². The predicted molar refractivity (Wildman–Crippen MR) is 64.0 cm³/mol. The van der Waals surface area contributed by atoms with Gasteiger partial charge in [0.1, 0.15) is 5.82 Å². The average Bonchev–Trinajstić information content (AvgIpc) is 2.96. The van der Waals surface area contributed by atoms with Gasteiger partial charge in [-0.05, 0) is 37.3 Å². The van der Waals surface area contributed by atoms with Crippen LogP contribution in [0.2, 0.25) is 0 Å². The maximum absolute atomic E-state index is 8.87. The van der Waals surface area contributed by atoms with Crippen LogP contribution in [-0.2, 0) is 0 Å². The van der Waals surface area contributed by atoms with Gasteiger partial charge in [0, 0.05) is 11.7 Å². The standard InChI is InChI=1S/C13H17N3/c1-8(2)11-6-12(11)16-13-5-10(7-14)4-9(3)15-13/h4-5,8,11-12H,6H2,1-3H3,(H,15,16)/t11-,12+/m0/s1. The average molecular weight is 215 g/mol. The van der Waals surface area contributed by atoms with Gasteiger partial charge in [0.15, 0.2) is 0 Å². The summed E-state index contributed by atoms with van der Waals surface area (Å²) in [6.45, 7) is 6.41. The molecule has 0 aromatic carbocycles. The van der Waals surface area contributed by atoms with Crippen molar-refractivity contribution in [1.29, 1.82) is 5.26 Å². The van der Waals surface area contributed by atoms with E-state index in [4.69, 9.17) is 5.26 Å². The molecule has 84 valence electrons. The van der Waals surface area contributed by atoms with E-state index in [1.165, 1.54) is 6.42 Å². The fourth-order valence-electron chi connectivity index (χ4n) is 2.11. The third-order valence-corrected chi connectivity index (χ3v) is 3.11. The zero-order chi connectivity index (χ0) is 11.7. The van der Waals surface area contributed by atoms with Crippen LogP contribution in [0.4, 0.5) is 5.82 Å². The molecule has 0 aliphatic heterocycles. The molecule has 1 aromatic heterocycles. The van der Waals surface area contributed by atoms with E-state index in [0.717, 1.165) is 23.3 Å². The molecule has 1 N–H and O–H groups in total. The van der Waals surface area contributed by atoms with Crippen LogP contribution in [0, 0.1) is 30.1 Å². The Morgan fingerprint density at radius 2 is 2.25 bits per heavy atom. The molecule has 2 atom stereocenters. The summed E-state index contributed by atoms with van der Waals surface area (Å²) in [5.41, 5.74) is 1.57. The van der Waals surface area contributed by atoms with Gasteiger partial charge in [0.25, 0.3) is 0 Å². The topological polar surface area (TPSA) is 48.7 Å². The lowest BCUT2D eigenvalue weighted by Gasteiger charge is -2.07. The molecule has 1 aliphatic carbocycles. The molecule has 0 saturated heterocycles. The van der Waals surface area contributed by atoms with Gasteiger partial charge in [0.05, 0.1) is 11.6 Å². The number of nitrogens with one attached hydrogen (secondary N) is 1. The zero-order valence-corrected chi connectivity index (χ0v) is 9.99. The van der Waals surface area contributed by atoms with E-state index in [9.17, 15) is 0 Å². The van der Waals surface area contributed by atoms with Crippen molar-refractivity contribution >= 4 is 5.82 Å². The molecular weight excluding hydrogens is 198 g/mol. The van der Waals surface area contributed by atoms with Crippen LogP contribution in [0.25, 0.3) is 0 Å². The summed E-state index contributed by atoms with van der Waals surface area (Å²) in [7, 11) is 0. The third-order valence-electron chi connectivity index (χ3n) is 3.11. The Morgan fingerprint density at radius 3 is 2.81 bits per heavy atom. The highest BCUT2D eigenvalue weighted by Gasteiger charge is 2.39. The predicted octanol–water partition coefficient (Wildman–Crippen LogP) is 2.72. The molecule has 1 aliphatic rings. The second kappa shape index (κ2) is 4.13. The van der Waals surface area contributed by atoms with Gasteiger partial charge in [-0.3, -0.25) is 0 Å². The minimum absolute atomic E-state index is 0.542. The zero-order valence-electron chi connectivity index (χ0n) is 9.99. The lowest BCUT2D eigenvalue weighted by Crippen LogP contribution is -2.09. The summed E-state index contributed by atoms with van der Waals surface area (Å²) in [6.07, 6.45) is 1.22. The van der Waals surface area contributed by atoms with E-state index in [0.29, 0.717) is 11.6 Å². The highest BCUT2D eigenvalue weighted by Crippen LogP contribution is 2.39. The first kappa shape index (κ1) is 10.9. The second-order valence-corrected chi connectivity index (χ2v) is 4.89. The van der Waals surface area contributed by atoms with Crippen molar-refractivity contribution in [2.45, 2.75) is 33.2 Å². The Hall–Kier alpha value is -1.56. The number of nitriles is 1. The summed E-state index contributed by atoms with van der Waals surface area (Å²) >= 11 is 0. The number of anilines is 1. The molecule has 3 heteroatoms. The van der Waals surface area contributed by atoms with Crippen LogP contribution in [0.3, 0.4) is 0 Å². The van der Waals surface area contributed by atoms with Crippen molar-refractivity contribution in [3.8, 4) is 6.07 Å². The highest BCUT2D eigenvalue weighted by molar-refractivity contribution is 5.46. The maximum atomic E-state index is 8.87. The number of rotatable bonds is 3. The highest BCUT2D eigenvalue weighted by atomic mass is 15.1. The second-order valence-electron chi connectivity index (χ2n) is 4.89. The first-order valence-electron chi connectivity index (χ1n) is 5.75. The Bertz CT molecular complexity index is 431. The van der Waals surface area contributed by atoms with Gasteiger partial charge in [-0.25, -0.2) is 4.98 Å². The quantitative estimate of drug-likeness (QED) is 0.843. The summed E-state index contributed by atoms with van der Waals surface area (Å²) in [5, 5.41) is 12.3. The Labute approximate surface area is 96.5 Å². The number of pyridine rings is 1. The molecule has 1 heterocycles. The first-order valence-corrected chi connectivity index (χ1v) is 5.75. The Balaban J connectivity index is 2.06. The van der Waals surface area contributed by atoms with Crippen molar-refractivity contribution in [3.05, 3.63) is 23.4 Å². The molecule has 0 spiro atoms. The molecule has 16 heavy (non-hydrogen) atoms.